The highest BCUT2D eigenvalue weighted by Gasteiger charge is 2.50. The van der Waals surface area contributed by atoms with Crippen molar-refractivity contribution in [3.8, 4) is 0 Å². The van der Waals surface area contributed by atoms with Gasteiger partial charge in [0, 0.05) is 25.6 Å². The van der Waals surface area contributed by atoms with E-state index in [9.17, 15) is 9.59 Å². The van der Waals surface area contributed by atoms with E-state index in [1.165, 1.54) is 6.42 Å². The van der Waals surface area contributed by atoms with E-state index in [1.807, 2.05) is 4.90 Å². The van der Waals surface area contributed by atoms with Crippen molar-refractivity contribution in [2.75, 3.05) is 13.1 Å². The van der Waals surface area contributed by atoms with Gasteiger partial charge in [0.05, 0.1) is 0 Å². The molecule has 2 rings (SSSR count). The second kappa shape index (κ2) is 5.26. The van der Waals surface area contributed by atoms with Crippen LogP contribution in [0, 0.1) is 10.8 Å². The molecule has 5 nitrogen and oxygen atoms in total. The van der Waals surface area contributed by atoms with Crippen LogP contribution in [0.15, 0.2) is 0 Å². The zero-order chi connectivity index (χ0) is 15.0. The van der Waals surface area contributed by atoms with Crippen LogP contribution in [-0.4, -0.2) is 41.1 Å². The van der Waals surface area contributed by atoms with E-state index in [2.05, 4.69) is 26.1 Å². The Bertz CT molecular complexity index is 408. The summed E-state index contributed by atoms with van der Waals surface area (Å²) in [7, 11) is 0. The van der Waals surface area contributed by atoms with Crippen LogP contribution in [0.25, 0.3) is 0 Å². The normalized spacial score (nSPS) is 31.1. The summed E-state index contributed by atoms with van der Waals surface area (Å²) >= 11 is 0. The number of aliphatic carboxylic acids is 1. The Balaban J connectivity index is 1.87. The van der Waals surface area contributed by atoms with Crippen LogP contribution in [0.1, 0.15) is 52.9 Å². The largest absolute Gasteiger partial charge is 0.481 e. The first-order chi connectivity index (χ1) is 9.21. The first kappa shape index (κ1) is 15.1. The van der Waals surface area contributed by atoms with Crippen LogP contribution >= 0.6 is 0 Å². The Morgan fingerprint density at radius 3 is 2.65 bits per heavy atom. The molecule has 2 fully saturated rings. The van der Waals surface area contributed by atoms with Gasteiger partial charge in [0.15, 0.2) is 0 Å². The molecule has 2 unspecified atom stereocenters. The second-order valence-corrected chi connectivity index (χ2v) is 7.57. The lowest BCUT2D eigenvalue weighted by Crippen LogP contribution is -2.44. The Kier molecular flexibility index (Phi) is 3.98. The number of hydrogen-bond acceptors (Lipinski definition) is 2. The first-order valence-corrected chi connectivity index (χ1v) is 7.47. The molecular weight excluding hydrogens is 256 g/mol. The maximum atomic E-state index is 12.3. The Labute approximate surface area is 120 Å². The molecule has 0 aromatic rings. The molecule has 1 aliphatic carbocycles. The van der Waals surface area contributed by atoms with Gasteiger partial charge in [0.25, 0.3) is 0 Å². The molecule has 114 valence electrons. The van der Waals surface area contributed by atoms with Crippen molar-refractivity contribution in [1.82, 2.24) is 10.2 Å². The van der Waals surface area contributed by atoms with Gasteiger partial charge in [-0.2, -0.15) is 0 Å². The molecule has 0 spiro atoms. The third-order valence-corrected chi connectivity index (χ3v) is 4.52. The fourth-order valence-corrected chi connectivity index (χ4v) is 4.23. The highest BCUT2D eigenvalue weighted by Crippen LogP contribution is 2.52. The minimum Gasteiger partial charge on any atom is -0.481 e. The number of hydrogen-bond donors (Lipinski definition) is 2. The Morgan fingerprint density at radius 1 is 1.30 bits per heavy atom. The van der Waals surface area contributed by atoms with Crippen LogP contribution < -0.4 is 5.32 Å². The van der Waals surface area contributed by atoms with Crippen molar-refractivity contribution in [1.29, 1.82) is 0 Å². The number of likely N-dealkylation sites (tertiary alicyclic amines) is 1. The smallest absolute Gasteiger partial charge is 0.317 e. The molecule has 2 atom stereocenters. The molecule has 1 saturated heterocycles. The number of rotatable bonds is 4. The van der Waals surface area contributed by atoms with Gasteiger partial charge in [-0.25, -0.2) is 4.79 Å². The predicted octanol–water partition coefficient (Wildman–Crippen LogP) is 2.46. The lowest BCUT2D eigenvalue weighted by molar-refractivity contribution is -0.137. The van der Waals surface area contributed by atoms with Crippen LogP contribution in [0.4, 0.5) is 4.79 Å². The summed E-state index contributed by atoms with van der Waals surface area (Å²) < 4.78 is 0. The maximum Gasteiger partial charge on any atom is 0.317 e. The standard InChI is InChI=1S/C15H26N2O3/c1-14(2)7-11-8-15(3,9-14)10-17(11)13(20)16-6-4-5-12(18)19/h11H,4-10H2,1-3H3,(H,16,20)(H,18,19). The van der Waals surface area contributed by atoms with E-state index in [0.717, 1.165) is 19.4 Å². The maximum absolute atomic E-state index is 12.3. The van der Waals surface area contributed by atoms with Crippen molar-refractivity contribution >= 4 is 12.0 Å². The van der Waals surface area contributed by atoms with Gasteiger partial charge in [-0.05, 0) is 36.5 Å². The van der Waals surface area contributed by atoms with Gasteiger partial charge in [-0.3, -0.25) is 4.79 Å². The molecule has 2 amide bonds. The van der Waals surface area contributed by atoms with Gasteiger partial charge in [-0.1, -0.05) is 20.8 Å². The number of carbonyl (C=O) groups is 2. The van der Waals surface area contributed by atoms with E-state index < -0.39 is 5.97 Å². The molecule has 0 aromatic heterocycles. The molecule has 1 heterocycles. The molecular formula is C15H26N2O3. The van der Waals surface area contributed by atoms with Crippen molar-refractivity contribution in [3.63, 3.8) is 0 Å². The predicted molar refractivity (Wildman–Crippen MR) is 76.5 cm³/mol. The Morgan fingerprint density at radius 2 is 2.00 bits per heavy atom. The number of urea groups is 1. The lowest BCUT2D eigenvalue weighted by Gasteiger charge is -2.39. The summed E-state index contributed by atoms with van der Waals surface area (Å²) in [6, 6.07) is 0.310. The molecule has 2 aliphatic rings. The molecule has 0 radical (unpaired) electrons. The minimum atomic E-state index is -0.814. The number of nitrogens with zero attached hydrogens (tertiary/aromatic N) is 1. The first-order valence-electron chi connectivity index (χ1n) is 7.47. The van der Waals surface area contributed by atoms with Crippen LogP contribution in [0.2, 0.25) is 0 Å². The van der Waals surface area contributed by atoms with E-state index in [4.69, 9.17) is 5.11 Å². The van der Waals surface area contributed by atoms with Crippen LogP contribution in [0.3, 0.4) is 0 Å². The highest BCUT2D eigenvalue weighted by atomic mass is 16.4. The Hall–Kier alpha value is -1.26. The number of carboxylic acid groups (broad SMARTS) is 1. The summed E-state index contributed by atoms with van der Waals surface area (Å²) in [4.78, 5) is 24.7. The van der Waals surface area contributed by atoms with E-state index >= 15 is 0 Å². The average molecular weight is 282 g/mol. The molecule has 0 aromatic carbocycles. The van der Waals surface area contributed by atoms with Crippen LogP contribution in [0.5, 0.6) is 0 Å². The van der Waals surface area contributed by atoms with E-state index in [1.54, 1.807) is 0 Å². The zero-order valence-electron chi connectivity index (χ0n) is 12.7. The SMILES string of the molecule is CC1(C)CC2CC(C)(CN2C(=O)NCCCC(=O)O)C1. The third kappa shape index (κ3) is 3.44. The fraction of sp³-hybridized carbons (Fsp3) is 0.867. The monoisotopic (exact) mass is 282 g/mol. The summed E-state index contributed by atoms with van der Waals surface area (Å²) in [6.07, 6.45) is 3.92. The van der Waals surface area contributed by atoms with E-state index in [-0.39, 0.29) is 17.9 Å². The van der Waals surface area contributed by atoms with Gasteiger partial charge >= 0.3 is 12.0 Å². The topological polar surface area (TPSA) is 69.6 Å². The molecule has 20 heavy (non-hydrogen) atoms. The van der Waals surface area contributed by atoms with Gasteiger partial charge < -0.3 is 15.3 Å². The van der Waals surface area contributed by atoms with Gasteiger partial charge in [0.1, 0.15) is 0 Å². The van der Waals surface area contributed by atoms with E-state index in [0.29, 0.717) is 24.4 Å². The summed E-state index contributed by atoms with van der Waals surface area (Å²) in [5.74, 6) is -0.814. The summed E-state index contributed by atoms with van der Waals surface area (Å²) in [6.45, 7) is 8.11. The quantitative estimate of drug-likeness (QED) is 0.778. The molecule has 5 heteroatoms. The number of carboxylic acids is 1. The molecule has 1 aliphatic heterocycles. The van der Waals surface area contributed by atoms with Crippen molar-refractivity contribution in [2.45, 2.75) is 58.9 Å². The zero-order valence-corrected chi connectivity index (χ0v) is 12.7. The van der Waals surface area contributed by atoms with Crippen LogP contribution in [-0.2, 0) is 4.79 Å². The third-order valence-electron chi connectivity index (χ3n) is 4.52. The average Bonchev–Trinajstić information content (AvgIpc) is 2.53. The highest BCUT2D eigenvalue weighted by molar-refractivity contribution is 5.75. The van der Waals surface area contributed by atoms with Crippen molar-refractivity contribution < 1.29 is 14.7 Å². The number of fused-ring (bicyclic) bond motifs is 2. The molecule has 2 N–H and O–H groups in total. The second-order valence-electron chi connectivity index (χ2n) is 7.57. The summed E-state index contributed by atoms with van der Waals surface area (Å²) in [5.41, 5.74) is 0.542. The number of nitrogens with one attached hydrogen (secondary N) is 1. The molecule has 2 bridgehead atoms. The number of amides is 2. The summed E-state index contributed by atoms with van der Waals surface area (Å²) in [5, 5.41) is 11.4. The van der Waals surface area contributed by atoms with Crippen molar-refractivity contribution in [2.24, 2.45) is 10.8 Å². The van der Waals surface area contributed by atoms with Gasteiger partial charge in [0.2, 0.25) is 0 Å². The minimum absolute atomic E-state index is 0.0261. The fourth-order valence-electron chi connectivity index (χ4n) is 4.23. The molecule has 1 saturated carbocycles. The van der Waals surface area contributed by atoms with Crippen molar-refractivity contribution in [3.05, 3.63) is 0 Å². The lowest BCUT2D eigenvalue weighted by atomic mass is 9.65. The van der Waals surface area contributed by atoms with Gasteiger partial charge in [-0.15, -0.1) is 0 Å². The number of carbonyl (C=O) groups excluding carboxylic acids is 1.